The van der Waals surface area contributed by atoms with E-state index >= 15 is 0 Å². The molecule has 0 spiro atoms. The Balaban J connectivity index is 1.42. The Hall–Kier alpha value is -4.98. The van der Waals surface area contributed by atoms with E-state index in [1.54, 1.807) is 0 Å². The van der Waals surface area contributed by atoms with Crippen LogP contribution in [0, 0.1) is 0 Å². The van der Waals surface area contributed by atoms with Crippen LogP contribution < -0.4 is 4.74 Å². The zero-order valence-corrected chi connectivity index (χ0v) is 25.8. The van der Waals surface area contributed by atoms with Crippen LogP contribution in [-0.2, 0) is 28.7 Å². The predicted molar refractivity (Wildman–Crippen MR) is 161 cm³/mol. The van der Waals surface area contributed by atoms with Crippen molar-refractivity contribution in [3.63, 3.8) is 0 Å². The molecule has 2 aromatic carbocycles. The van der Waals surface area contributed by atoms with Gasteiger partial charge in [-0.3, -0.25) is 0 Å². The molecule has 2 saturated carbocycles. The molecule has 2 aromatic rings. The molecule has 0 bridgehead atoms. The minimum atomic E-state index is -2.54. The number of phenols is 3. The summed E-state index contributed by atoms with van der Waals surface area (Å²) in [6.07, 6.45) is -13.0. The maximum atomic E-state index is 13.6. The lowest BCUT2D eigenvalue weighted by atomic mass is 9.79. The van der Waals surface area contributed by atoms with E-state index in [0.717, 1.165) is 30.4 Å². The van der Waals surface area contributed by atoms with Crippen molar-refractivity contribution >= 4 is 30.0 Å². The third-order valence-electron chi connectivity index (χ3n) is 9.06. The van der Waals surface area contributed by atoms with Gasteiger partial charge in [0.25, 0.3) is 0 Å². The summed E-state index contributed by atoms with van der Waals surface area (Å²) in [6, 6.07) is 5.95. The Bertz CT molecular complexity index is 1720. The molecule has 18 heteroatoms. The second-order valence-corrected chi connectivity index (χ2v) is 12.6. The smallest absolute Gasteiger partial charge is 0.348 e. The molecule has 2 aliphatic carbocycles. The first-order valence-electron chi connectivity index (χ1n) is 15.1. The Morgan fingerprint density at radius 2 is 1.30 bits per heavy atom. The summed E-state index contributed by atoms with van der Waals surface area (Å²) in [7, 11) is 0. The predicted octanol–water partition coefficient (Wildman–Crippen LogP) is -1.80. The number of aliphatic hydroxyl groups is 6. The summed E-state index contributed by atoms with van der Waals surface area (Å²) in [6.45, 7) is 0. The number of ether oxygens (including phenoxy) is 3. The number of aromatic hydroxyl groups is 3. The van der Waals surface area contributed by atoms with Gasteiger partial charge in [-0.05, 0) is 41.5 Å². The Morgan fingerprint density at radius 3 is 1.84 bits per heavy atom. The molecule has 5 rings (SSSR count). The van der Waals surface area contributed by atoms with E-state index in [9.17, 15) is 75.3 Å². The number of hydrogen-bond acceptors (Lipinski definition) is 16. The van der Waals surface area contributed by atoms with Crippen molar-refractivity contribution in [3.05, 3.63) is 53.1 Å². The first kappa shape index (κ1) is 36.3. The number of carboxylic acid groups (broad SMARTS) is 2. The topological polar surface area (TPSA) is 318 Å². The lowest BCUT2D eigenvalue weighted by Crippen LogP contribution is -2.57. The third-order valence-corrected chi connectivity index (χ3v) is 9.06. The summed E-state index contributed by atoms with van der Waals surface area (Å²) < 4.78 is 16.2. The highest BCUT2D eigenvalue weighted by molar-refractivity contribution is 5.88. The second kappa shape index (κ2) is 13.4. The van der Waals surface area contributed by atoms with Crippen LogP contribution in [0.4, 0.5) is 0 Å². The number of carbonyl (C=O) groups excluding carboxylic acids is 2. The average Bonchev–Trinajstić information content (AvgIpc) is 3.42. The van der Waals surface area contributed by atoms with Gasteiger partial charge in [0, 0.05) is 37.3 Å². The number of rotatable bonds is 8. The van der Waals surface area contributed by atoms with Crippen molar-refractivity contribution < 1.29 is 89.6 Å². The number of fused-ring (bicyclic) bond motifs is 1. The van der Waals surface area contributed by atoms with E-state index in [1.807, 2.05) is 0 Å². The number of carboxylic acids is 2. The molecule has 11 N–H and O–H groups in total. The fourth-order valence-electron chi connectivity index (χ4n) is 6.39. The zero-order valence-electron chi connectivity index (χ0n) is 25.8. The maximum Gasteiger partial charge on any atom is 0.348 e. The normalized spacial score (nSPS) is 33.6. The molecule has 0 radical (unpaired) electrons. The fourth-order valence-corrected chi connectivity index (χ4v) is 6.39. The van der Waals surface area contributed by atoms with E-state index in [2.05, 4.69) is 0 Å². The summed E-state index contributed by atoms with van der Waals surface area (Å²) in [5.74, 6) is -8.97. The van der Waals surface area contributed by atoms with E-state index in [1.165, 1.54) is 12.1 Å². The first-order valence-corrected chi connectivity index (χ1v) is 15.1. The van der Waals surface area contributed by atoms with Crippen LogP contribution in [0.1, 0.15) is 48.3 Å². The van der Waals surface area contributed by atoms with Crippen LogP contribution >= 0.6 is 0 Å². The number of carbonyl (C=O) groups is 4. The highest BCUT2D eigenvalue weighted by Crippen LogP contribution is 2.49. The number of aliphatic carboxylic acids is 2. The van der Waals surface area contributed by atoms with Gasteiger partial charge >= 0.3 is 23.9 Å². The fraction of sp³-hybridized carbons (Fsp3) is 0.438. The number of esters is 2. The quantitative estimate of drug-likeness (QED) is 0.0819. The van der Waals surface area contributed by atoms with Crippen molar-refractivity contribution in [2.24, 2.45) is 0 Å². The number of aliphatic hydroxyl groups excluding tert-OH is 4. The van der Waals surface area contributed by atoms with Gasteiger partial charge in [-0.15, -0.1) is 0 Å². The lowest BCUT2D eigenvalue weighted by molar-refractivity contribution is -0.201. The lowest BCUT2D eigenvalue weighted by Gasteiger charge is -2.39. The van der Waals surface area contributed by atoms with Gasteiger partial charge in [0.15, 0.2) is 34.2 Å². The van der Waals surface area contributed by atoms with E-state index in [4.69, 9.17) is 14.2 Å². The summed E-state index contributed by atoms with van der Waals surface area (Å²) >= 11 is 0. The largest absolute Gasteiger partial charge is 0.504 e. The molecule has 0 aromatic heterocycles. The Kier molecular flexibility index (Phi) is 9.72. The average molecular weight is 707 g/mol. The monoisotopic (exact) mass is 706 g/mol. The van der Waals surface area contributed by atoms with E-state index in [0.29, 0.717) is 0 Å². The van der Waals surface area contributed by atoms with Crippen LogP contribution in [0.5, 0.6) is 23.0 Å². The molecule has 10 atom stereocenters. The van der Waals surface area contributed by atoms with Gasteiger partial charge in [-0.25, -0.2) is 19.2 Å². The SMILES string of the molecule is O=C(/C=C/c1cc(O)c2c(c1)C(c1ccc(O)c(O)c1)C(C(=O)O[C@@H]1C[C@](O)(C(=O)O)C[C@@H](O)[C@H]1O)O2)O[C@@H]1C[C@](O)(C(=O)O)C[C@@H](O)[C@H]1O. The molecule has 3 aliphatic rings. The number of phenolic OH excluding ortho intramolecular Hbond substituents is 3. The van der Waals surface area contributed by atoms with Gasteiger partial charge < -0.3 is 70.4 Å². The molecule has 0 amide bonds. The van der Waals surface area contributed by atoms with Crippen LogP contribution in [0.3, 0.4) is 0 Å². The van der Waals surface area contributed by atoms with Gasteiger partial charge in [-0.1, -0.05) is 6.07 Å². The molecule has 2 fully saturated rings. The van der Waals surface area contributed by atoms with Crippen molar-refractivity contribution in [2.45, 2.75) is 85.5 Å². The van der Waals surface area contributed by atoms with Crippen LogP contribution in [0.25, 0.3) is 6.08 Å². The molecule has 270 valence electrons. The zero-order chi connectivity index (χ0) is 36.9. The molecule has 1 heterocycles. The van der Waals surface area contributed by atoms with Gasteiger partial charge in [0.05, 0.1) is 18.1 Å². The second-order valence-electron chi connectivity index (χ2n) is 12.6. The van der Waals surface area contributed by atoms with E-state index < -0.39 is 127 Å². The standard InChI is InChI=1S/C32H34O18/c33-15-3-2-13(7-16(15)34)23-14-5-12(1-4-22(38)48-20-10-31(46,29(42)43)8-18(36)24(20)39)6-17(35)26(14)50-27(23)28(41)49-21-11-32(47,30(44)45)9-19(37)25(21)40/h1-7,18-21,23-25,27,33-37,39-40,46-47H,8-11H2,(H,42,43)(H,44,45)/b4-1+/t18-,19-,20-,21-,23?,24-,25-,27?,31+,32+/m1/s1. The van der Waals surface area contributed by atoms with Gasteiger partial charge in [-0.2, -0.15) is 0 Å². The summed E-state index contributed by atoms with van der Waals surface area (Å²) in [5.41, 5.74) is -4.72. The molecule has 18 nitrogen and oxygen atoms in total. The molecular weight excluding hydrogens is 672 g/mol. The number of hydrogen-bond donors (Lipinski definition) is 11. The summed E-state index contributed by atoms with van der Waals surface area (Å²) in [5, 5.41) is 111. The summed E-state index contributed by atoms with van der Waals surface area (Å²) in [4.78, 5) is 49.3. The van der Waals surface area contributed by atoms with E-state index in [-0.39, 0.29) is 22.4 Å². The first-order chi connectivity index (χ1) is 23.3. The van der Waals surface area contributed by atoms with Crippen LogP contribution in [0.15, 0.2) is 36.4 Å². The van der Waals surface area contributed by atoms with Gasteiger partial charge in [0.2, 0.25) is 6.10 Å². The highest BCUT2D eigenvalue weighted by Gasteiger charge is 2.53. The third kappa shape index (κ3) is 6.89. The number of benzene rings is 2. The van der Waals surface area contributed by atoms with Crippen LogP contribution in [-0.4, -0.2) is 134 Å². The molecule has 50 heavy (non-hydrogen) atoms. The Labute approximate surface area is 281 Å². The van der Waals surface area contributed by atoms with Crippen molar-refractivity contribution in [2.75, 3.05) is 0 Å². The Morgan fingerprint density at radius 1 is 0.740 bits per heavy atom. The minimum Gasteiger partial charge on any atom is -0.504 e. The van der Waals surface area contributed by atoms with Crippen molar-refractivity contribution in [1.82, 2.24) is 0 Å². The van der Waals surface area contributed by atoms with Crippen LogP contribution in [0.2, 0.25) is 0 Å². The van der Waals surface area contributed by atoms with Crippen molar-refractivity contribution in [3.8, 4) is 23.0 Å². The molecule has 2 unspecified atom stereocenters. The molecule has 0 saturated heterocycles. The minimum absolute atomic E-state index is 0.0775. The van der Waals surface area contributed by atoms with Gasteiger partial charge in [0.1, 0.15) is 24.4 Å². The molecular formula is C32H34O18. The van der Waals surface area contributed by atoms with Crippen molar-refractivity contribution in [1.29, 1.82) is 0 Å². The maximum absolute atomic E-state index is 13.6. The molecule has 1 aliphatic heterocycles. The highest BCUT2D eigenvalue weighted by atomic mass is 16.6.